The van der Waals surface area contributed by atoms with Crippen molar-refractivity contribution in [2.45, 2.75) is 45.9 Å². The molecule has 2 fully saturated rings. The molecule has 0 bridgehead atoms. The first kappa shape index (κ1) is 22.5. The minimum Gasteiger partial charge on any atom is -0.392 e. The van der Waals surface area contributed by atoms with Gasteiger partial charge in [-0.2, -0.15) is 0 Å². The third-order valence-electron chi connectivity index (χ3n) is 5.96. The molecule has 0 aliphatic carbocycles. The number of amides is 1. The lowest BCUT2D eigenvalue weighted by molar-refractivity contribution is -0.135. The fourth-order valence-electron chi connectivity index (χ4n) is 4.12. The van der Waals surface area contributed by atoms with Gasteiger partial charge in [0.15, 0.2) is 5.96 Å². The zero-order chi connectivity index (χ0) is 21.5. The SMILES string of the molecule is CCNC(=NCc1ccc(F)c(CO)c1)N1CCN(C(C)C(=O)N2CCCC2)CC1. The van der Waals surface area contributed by atoms with Crippen LogP contribution < -0.4 is 5.32 Å². The minimum absolute atomic E-state index is 0.0825. The molecule has 30 heavy (non-hydrogen) atoms. The Labute approximate surface area is 178 Å². The lowest BCUT2D eigenvalue weighted by Gasteiger charge is -2.39. The summed E-state index contributed by atoms with van der Waals surface area (Å²) in [7, 11) is 0. The van der Waals surface area contributed by atoms with E-state index in [2.05, 4.69) is 15.1 Å². The van der Waals surface area contributed by atoms with Gasteiger partial charge in [0.05, 0.1) is 19.2 Å². The number of hydrogen-bond donors (Lipinski definition) is 2. The Bertz CT molecular complexity index is 743. The Morgan fingerprint density at radius 3 is 2.50 bits per heavy atom. The molecule has 1 atom stereocenters. The van der Waals surface area contributed by atoms with Crippen molar-refractivity contribution in [3.05, 3.63) is 35.1 Å². The highest BCUT2D eigenvalue weighted by Crippen LogP contribution is 2.15. The first-order valence-electron chi connectivity index (χ1n) is 11.0. The fraction of sp³-hybridized carbons (Fsp3) is 0.636. The molecule has 1 unspecified atom stereocenters. The average molecular weight is 420 g/mol. The van der Waals surface area contributed by atoms with Gasteiger partial charge in [0, 0.05) is 51.4 Å². The van der Waals surface area contributed by atoms with Crippen LogP contribution in [0.1, 0.15) is 37.8 Å². The quantitative estimate of drug-likeness (QED) is 0.539. The maximum atomic E-state index is 13.6. The molecule has 1 amide bonds. The highest BCUT2D eigenvalue weighted by atomic mass is 19.1. The molecule has 2 aliphatic rings. The topological polar surface area (TPSA) is 71.4 Å². The predicted molar refractivity (Wildman–Crippen MR) is 116 cm³/mol. The van der Waals surface area contributed by atoms with Crippen LogP contribution in [-0.4, -0.2) is 83.5 Å². The minimum atomic E-state index is -0.397. The first-order valence-corrected chi connectivity index (χ1v) is 11.0. The van der Waals surface area contributed by atoms with Crippen molar-refractivity contribution in [3.63, 3.8) is 0 Å². The second-order valence-electron chi connectivity index (χ2n) is 7.99. The molecule has 2 N–H and O–H groups in total. The molecule has 0 spiro atoms. The second-order valence-corrected chi connectivity index (χ2v) is 7.99. The molecule has 0 aromatic heterocycles. The van der Waals surface area contributed by atoms with Crippen molar-refractivity contribution in [2.75, 3.05) is 45.8 Å². The number of carbonyl (C=O) groups excluding carboxylic acids is 1. The smallest absolute Gasteiger partial charge is 0.239 e. The number of carbonyl (C=O) groups is 1. The standard InChI is InChI=1S/C22H34FN5O2/c1-3-24-22(25-15-18-6-7-20(23)19(14-18)16-29)28-12-10-26(11-13-28)17(2)21(30)27-8-4-5-9-27/h6-7,14,17,29H,3-5,8-13,15-16H2,1-2H3,(H,24,25). The number of halogens is 1. The number of aliphatic hydroxyl groups excluding tert-OH is 1. The van der Waals surface area contributed by atoms with E-state index in [9.17, 15) is 14.3 Å². The summed E-state index contributed by atoms with van der Waals surface area (Å²) in [6.45, 7) is 9.92. The second kappa shape index (κ2) is 10.7. The summed E-state index contributed by atoms with van der Waals surface area (Å²) in [5.74, 6) is 0.675. The molecule has 1 aromatic carbocycles. The van der Waals surface area contributed by atoms with E-state index in [1.807, 2.05) is 18.7 Å². The molecule has 7 nitrogen and oxygen atoms in total. The Balaban J connectivity index is 1.58. The van der Waals surface area contributed by atoms with Gasteiger partial charge in [-0.05, 0) is 44.4 Å². The van der Waals surface area contributed by atoms with E-state index in [4.69, 9.17) is 4.99 Å². The van der Waals surface area contributed by atoms with Gasteiger partial charge in [-0.3, -0.25) is 9.69 Å². The summed E-state index contributed by atoms with van der Waals surface area (Å²) in [5, 5.41) is 12.6. The molecule has 0 saturated carbocycles. The van der Waals surface area contributed by atoms with Gasteiger partial charge in [0.25, 0.3) is 0 Å². The third kappa shape index (κ3) is 5.49. The van der Waals surface area contributed by atoms with Gasteiger partial charge in [-0.25, -0.2) is 9.38 Å². The van der Waals surface area contributed by atoms with E-state index < -0.39 is 5.82 Å². The average Bonchev–Trinajstić information content (AvgIpc) is 3.31. The molecule has 2 saturated heterocycles. The first-order chi connectivity index (χ1) is 14.5. The Morgan fingerprint density at radius 2 is 1.87 bits per heavy atom. The van der Waals surface area contributed by atoms with Gasteiger partial charge in [0.1, 0.15) is 5.82 Å². The molecule has 3 rings (SSSR count). The van der Waals surface area contributed by atoms with Crippen LogP contribution in [0.15, 0.2) is 23.2 Å². The highest BCUT2D eigenvalue weighted by molar-refractivity contribution is 5.82. The molecular formula is C22H34FN5O2. The monoisotopic (exact) mass is 419 g/mol. The van der Waals surface area contributed by atoms with Crippen LogP contribution >= 0.6 is 0 Å². The van der Waals surface area contributed by atoms with Crippen molar-refractivity contribution < 1.29 is 14.3 Å². The van der Waals surface area contributed by atoms with Crippen LogP contribution in [0, 0.1) is 5.82 Å². The molecule has 2 aliphatic heterocycles. The lowest BCUT2D eigenvalue weighted by Crippen LogP contribution is -2.57. The van der Waals surface area contributed by atoms with Crippen LogP contribution in [0.3, 0.4) is 0 Å². The zero-order valence-corrected chi connectivity index (χ0v) is 18.1. The van der Waals surface area contributed by atoms with Crippen molar-refractivity contribution in [1.82, 2.24) is 20.0 Å². The van der Waals surface area contributed by atoms with Crippen LogP contribution in [0.25, 0.3) is 0 Å². The van der Waals surface area contributed by atoms with E-state index in [0.717, 1.165) is 70.2 Å². The summed E-state index contributed by atoms with van der Waals surface area (Å²) >= 11 is 0. The Hall–Kier alpha value is -2.19. The maximum absolute atomic E-state index is 13.6. The summed E-state index contributed by atoms with van der Waals surface area (Å²) in [5.41, 5.74) is 1.15. The summed E-state index contributed by atoms with van der Waals surface area (Å²) in [4.78, 5) is 23.9. The lowest BCUT2D eigenvalue weighted by atomic mass is 10.1. The third-order valence-corrected chi connectivity index (χ3v) is 5.96. The van der Waals surface area contributed by atoms with E-state index >= 15 is 0 Å². The van der Waals surface area contributed by atoms with Gasteiger partial charge in [-0.15, -0.1) is 0 Å². The number of likely N-dealkylation sites (tertiary alicyclic amines) is 1. The highest BCUT2D eigenvalue weighted by Gasteiger charge is 2.30. The molecule has 0 radical (unpaired) electrons. The number of piperazine rings is 1. The number of rotatable bonds is 6. The number of benzene rings is 1. The van der Waals surface area contributed by atoms with Crippen LogP contribution in [0.4, 0.5) is 4.39 Å². The summed E-state index contributed by atoms with van der Waals surface area (Å²) < 4.78 is 13.6. The number of aliphatic imine (C=N–C) groups is 1. The van der Waals surface area contributed by atoms with E-state index in [1.165, 1.54) is 6.07 Å². The fourth-order valence-corrected chi connectivity index (χ4v) is 4.12. The normalized spacial score (nSPS) is 19.3. The van der Waals surface area contributed by atoms with Crippen molar-refractivity contribution >= 4 is 11.9 Å². The van der Waals surface area contributed by atoms with Crippen LogP contribution in [0.2, 0.25) is 0 Å². The molecule has 166 valence electrons. The number of guanidine groups is 1. The molecular weight excluding hydrogens is 385 g/mol. The Morgan fingerprint density at radius 1 is 1.17 bits per heavy atom. The Kier molecular flexibility index (Phi) is 8.04. The largest absolute Gasteiger partial charge is 0.392 e. The van der Waals surface area contributed by atoms with E-state index in [-0.39, 0.29) is 24.1 Å². The summed E-state index contributed by atoms with van der Waals surface area (Å²) in [6, 6.07) is 4.65. The molecule has 8 heteroatoms. The van der Waals surface area contributed by atoms with Gasteiger partial charge < -0.3 is 20.2 Å². The number of aliphatic hydroxyl groups is 1. The molecule has 2 heterocycles. The molecule has 1 aromatic rings. The van der Waals surface area contributed by atoms with Crippen molar-refractivity contribution in [3.8, 4) is 0 Å². The maximum Gasteiger partial charge on any atom is 0.239 e. The zero-order valence-electron chi connectivity index (χ0n) is 18.1. The van der Waals surface area contributed by atoms with Gasteiger partial charge in [0.2, 0.25) is 5.91 Å². The number of nitrogens with zero attached hydrogens (tertiary/aromatic N) is 4. The van der Waals surface area contributed by atoms with Gasteiger partial charge in [-0.1, -0.05) is 6.07 Å². The van der Waals surface area contributed by atoms with E-state index in [1.54, 1.807) is 12.1 Å². The van der Waals surface area contributed by atoms with Crippen LogP contribution in [-0.2, 0) is 17.9 Å². The van der Waals surface area contributed by atoms with E-state index in [0.29, 0.717) is 6.54 Å². The van der Waals surface area contributed by atoms with Crippen LogP contribution in [0.5, 0.6) is 0 Å². The summed E-state index contributed by atoms with van der Waals surface area (Å²) in [6.07, 6.45) is 2.23. The number of hydrogen-bond acceptors (Lipinski definition) is 4. The van der Waals surface area contributed by atoms with Gasteiger partial charge >= 0.3 is 0 Å². The van der Waals surface area contributed by atoms with Crippen molar-refractivity contribution in [1.29, 1.82) is 0 Å². The predicted octanol–water partition coefficient (Wildman–Crippen LogP) is 1.41. The number of nitrogens with one attached hydrogen (secondary N) is 1. The van der Waals surface area contributed by atoms with Crippen molar-refractivity contribution in [2.24, 2.45) is 4.99 Å².